The van der Waals surface area contributed by atoms with Crippen molar-refractivity contribution in [2.75, 3.05) is 31.2 Å². The summed E-state index contributed by atoms with van der Waals surface area (Å²) < 4.78 is 5.31. The molecule has 82 valence electrons. The van der Waals surface area contributed by atoms with Crippen LogP contribution in [0.3, 0.4) is 0 Å². The molecule has 3 heterocycles. The van der Waals surface area contributed by atoms with Crippen molar-refractivity contribution >= 4 is 17.0 Å². The van der Waals surface area contributed by atoms with E-state index in [0.717, 1.165) is 37.6 Å². The van der Waals surface area contributed by atoms with Gasteiger partial charge in [-0.1, -0.05) is 0 Å². The quantitative estimate of drug-likeness (QED) is 0.707. The molecule has 0 unspecified atom stereocenters. The van der Waals surface area contributed by atoms with Gasteiger partial charge in [0.25, 0.3) is 0 Å². The molecule has 0 radical (unpaired) electrons. The van der Waals surface area contributed by atoms with E-state index in [2.05, 4.69) is 19.9 Å². The maximum atomic E-state index is 5.31. The van der Waals surface area contributed by atoms with E-state index in [0.29, 0.717) is 5.65 Å². The first kappa shape index (κ1) is 9.47. The van der Waals surface area contributed by atoms with E-state index in [4.69, 9.17) is 4.74 Å². The lowest BCUT2D eigenvalue weighted by Crippen LogP contribution is -2.36. The van der Waals surface area contributed by atoms with E-state index in [9.17, 15) is 0 Å². The van der Waals surface area contributed by atoms with Crippen LogP contribution in [0.25, 0.3) is 11.2 Å². The van der Waals surface area contributed by atoms with Crippen molar-refractivity contribution in [1.82, 2.24) is 15.0 Å². The summed E-state index contributed by atoms with van der Waals surface area (Å²) >= 11 is 0. The van der Waals surface area contributed by atoms with Crippen LogP contribution < -0.4 is 4.90 Å². The van der Waals surface area contributed by atoms with Crippen molar-refractivity contribution in [3.63, 3.8) is 0 Å². The van der Waals surface area contributed by atoms with Gasteiger partial charge in [0.05, 0.1) is 13.2 Å². The fourth-order valence-corrected chi connectivity index (χ4v) is 1.81. The lowest BCUT2D eigenvalue weighted by atomic mass is 10.3. The van der Waals surface area contributed by atoms with Crippen molar-refractivity contribution in [2.45, 2.75) is 0 Å². The number of anilines is 1. The second kappa shape index (κ2) is 4.02. The zero-order chi connectivity index (χ0) is 10.8. The van der Waals surface area contributed by atoms with Crippen LogP contribution >= 0.6 is 0 Å². The van der Waals surface area contributed by atoms with E-state index in [1.807, 2.05) is 12.1 Å². The van der Waals surface area contributed by atoms with Crippen LogP contribution in [-0.2, 0) is 4.74 Å². The smallest absolute Gasteiger partial charge is 0.180 e. The molecule has 3 rings (SSSR count). The van der Waals surface area contributed by atoms with Gasteiger partial charge in [-0.25, -0.2) is 9.97 Å². The van der Waals surface area contributed by atoms with Gasteiger partial charge in [-0.15, -0.1) is 0 Å². The largest absolute Gasteiger partial charge is 0.378 e. The molecule has 0 bridgehead atoms. The zero-order valence-corrected chi connectivity index (χ0v) is 8.83. The van der Waals surface area contributed by atoms with E-state index in [-0.39, 0.29) is 0 Å². The number of hydrogen-bond acceptors (Lipinski definition) is 5. The van der Waals surface area contributed by atoms with Gasteiger partial charge < -0.3 is 9.64 Å². The third-order valence-corrected chi connectivity index (χ3v) is 2.65. The Morgan fingerprint density at radius 1 is 1.06 bits per heavy atom. The summed E-state index contributed by atoms with van der Waals surface area (Å²) in [6.45, 7) is 3.30. The molecule has 1 aliphatic rings. The molecule has 0 amide bonds. The van der Waals surface area contributed by atoms with Gasteiger partial charge in [0.2, 0.25) is 0 Å². The monoisotopic (exact) mass is 216 g/mol. The van der Waals surface area contributed by atoms with Gasteiger partial charge in [-0.2, -0.15) is 0 Å². The van der Waals surface area contributed by atoms with E-state index < -0.39 is 0 Å². The Morgan fingerprint density at radius 3 is 2.75 bits per heavy atom. The lowest BCUT2D eigenvalue weighted by molar-refractivity contribution is 0.122. The summed E-state index contributed by atoms with van der Waals surface area (Å²) in [5.74, 6) is 0.955. The first-order valence-corrected chi connectivity index (χ1v) is 5.34. The maximum Gasteiger partial charge on any atom is 0.180 e. The fraction of sp³-hybridized carbons (Fsp3) is 0.364. The summed E-state index contributed by atoms with van der Waals surface area (Å²) in [5.41, 5.74) is 1.53. The molecule has 0 N–H and O–H groups in total. The third-order valence-electron chi connectivity index (χ3n) is 2.65. The molecule has 2 aromatic rings. The Kier molecular flexibility index (Phi) is 2.38. The van der Waals surface area contributed by atoms with Crippen molar-refractivity contribution in [2.24, 2.45) is 0 Å². The van der Waals surface area contributed by atoms with E-state index in [1.165, 1.54) is 0 Å². The highest BCUT2D eigenvalue weighted by Gasteiger charge is 2.12. The van der Waals surface area contributed by atoms with Crippen LogP contribution in [-0.4, -0.2) is 41.3 Å². The molecule has 1 fully saturated rings. The first-order valence-electron chi connectivity index (χ1n) is 5.34. The molecule has 5 heteroatoms. The van der Waals surface area contributed by atoms with Gasteiger partial charge in [0.15, 0.2) is 5.65 Å². The van der Waals surface area contributed by atoms with Crippen molar-refractivity contribution in [3.05, 3.63) is 24.5 Å². The lowest BCUT2D eigenvalue weighted by Gasteiger charge is -2.27. The molecular weight excluding hydrogens is 204 g/mol. The molecule has 16 heavy (non-hydrogen) atoms. The summed E-state index contributed by atoms with van der Waals surface area (Å²) in [7, 11) is 0. The van der Waals surface area contributed by atoms with Gasteiger partial charge in [0.1, 0.15) is 11.3 Å². The molecule has 0 aromatic carbocycles. The Labute approximate surface area is 93.1 Å². The summed E-state index contributed by atoms with van der Waals surface area (Å²) in [6.07, 6.45) is 3.34. The minimum atomic E-state index is 0.700. The number of rotatable bonds is 1. The minimum absolute atomic E-state index is 0.700. The predicted molar refractivity (Wildman–Crippen MR) is 60.4 cm³/mol. The summed E-state index contributed by atoms with van der Waals surface area (Å²) in [6, 6.07) is 3.95. The zero-order valence-electron chi connectivity index (χ0n) is 8.83. The normalized spacial score (nSPS) is 16.6. The van der Waals surface area contributed by atoms with Crippen LogP contribution in [0.5, 0.6) is 0 Å². The predicted octanol–water partition coefficient (Wildman–Crippen LogP) is 0.861. The molecular formula is C11H12N4O. The third kappa shape index (κ3) is 1.69. The van der Waals surface area contributed by atoms with E-state index in [1.54, 1.807) is 12.4 Å². The number of ether oxygens (including phenoxy) is 1. The van der Waals surface area contributed by atoms with Crippen molar-refractivity contribution < 1.29 is 4.74 Å². The highest BCUT2D eigenvalue weighted by Crippen LogP contribution is 2.15. The van der Waals surface area contributed by atoms with Crippen molar-refractivity contribution in [1.29, 1.82) is 0 Å². The second-order valence-electron chi connectivity index (χ2n) is 3.67. The molecule has 0 spiro atoms. The maximum absolute atomic E-state index is 5.31. The number of morpholine rings is 1. The number of aromatic nitrogens is 3. The number of hydrogen-bond donors (Lipinski definition) is 0. The Balaban J connectivity index is 1.97. The molecule has 0 aliphatic carbocycles. The van der Waals surface area contributed by atoms with Crippen LogP contribution in [0.2, 0.25) is 0 Å². The van der Waals surface area contributed by atoms with Gasteiger partial charge in [0, 0.05) is 25.5 Å². The molecule has 0 saturated carbocycles. The van der Waals surface area contributed by atoms with Crippen LogP contribution in [0.15, 0.2) is 24.5 Å². The highest BCUT2D eigenvalue weighted by molar-refractivity contribution is 5.71. The SMILES string of the molecule is c1cnc2nc(N3CCOCC3)ccc2n1. The molecule has 1 saturated heterocycles. The van der Waals surface area contributed by atoms with Gasteiger partial charge >= 0.3 is 0 Å². The van der Waals surface area contributed by atoms with Gasteiger partial charge in [-0.05, 0) is 12.1 Å². The van der Waals surface area contributed by atoms with Gasteiger partial charge in [-0.3, -0.25) is 4.98 Å². The number of nitrogens with zero attached hydrogens (tertiary/aromatic N) is 4. The topological polar surface area (TPSA) is 51.1 Å². The molecule has 0 atom stereocenters. The van der Waals surface area contributed by atoms with Crippen LogP contribution in [0.4, 0.5) is 5.82 Å². The van der Waals surface area contributed by atoms with Crippen LogP contribution in [0, 0.1) is 0 Å². The highest BCUT2D eigenvalue weighted by atomic mass is 16.5. The second-order valence-corrected chi connectivity index (χ2v) is 3.67. The average Bonchev–Trinajstić information content (AvgIpc) is 2.39. The number of fused-ring (bicyclic) bond motifs is 1. The first-order chi connectivity index (χ1) is 7.93. The van der Waals surface area contributed by atoms with Crippen molar-refractivity contribution in [3.8, 4) is 0 Å². The fourth-order valence-electron chi connectivity index (χ4n) is 1.81. The van der Waals surface area contributed by atoms with Crippen LogP contribution in [0.1, 0.15) is 0 Å². The van der Waals surface area contributed by atoms with E-state index >= 15 is 0 Å². The molecule has 5 nitrogen and oxygen atoms in total. The minimum Gasteiger partial charge on any atom is -0.378 e. The number of pyridine rings is 1. The summed E-state index contributed by atoms with van der Waals surface area (Å²) in [5, 5.41) is 0. The Hall–Kier alpha value is -1.75. The Bertz CT molecular complexity index is 496. The Morgan fingerprint density at radius 2 is 1.88 bits per heavy atom. The summed E-state index contributed by atoms with van der Waals surface area (Å²) in [4.78, 5) is 15.1. The standard InChI is InChI=1S/C11H12N4O/c1-2-10(15-5-7-16-8-6-15)14-11-9(1)12-3-4-13-11/h1-4H,5-8H2. The molecule has 2 aromatic heterocycles. The molecule has 1 aliphatic heterocycles. The average molecular weight is 216 g/mol.